The third kappa shape index (κ3) is 4.77. The molecule has 1 aromatic heterocycles. The molecule has 146 valence electrons. The molecule has 0 bridgehead atoms. The van der Waals surface area contributed by atoms with Crippen LogP contribution in [-0.2, 0) is 16.4 Å². The van der Waals surface area contributed by atoms with Crippen LogP contribution in [0.4, 0.5) is 0 Å². The van der Waals surface area contributed by atoms with E-state index < -0.39 is 16.0 Å². The molecule has 0 aliphatic carbocycles. The second kappa shape index (κ2) is 8.40. The second-order valence-corrected chi connectivity index (χ2v) is 9.14. The number of nitrogens with one attached hydrogen (secondary N) is 1. The number of carboxylic acids is 1. The Labute approximate surface area is 171 Å². The Balaban J connectivity index is 1.65. The van der Waals surface area contributed by atoms with Crippen molar-refractivity contribution in [3.8, 4) is 10.6 Å². The fourth-order valence-corrected chi connectivity index (χ4v) is 4.59. The van der Waals surface area contributed by atoms with Gasteiger partial charge in [0.05, 0.1) is 16.2 Å². The zero-order chi connectivity index (χ0) is 20.3. The summed E-state index contributed by atoms with van der Waals surface area (Å²) in [6, 6.07) is 11.4. The summed E-state index contributed by atoms with van der Waals surface area (Å²) in [5, 5.41) is 12.5. The minimum Gasteiger partial charge on any atom is -0.478 e. The van der Waals surface area contributed by atoms with Crippen LogP contribution in [0.25, 0.3) is 10.6 Å². The number of hydrogen-bond donors (Lipinski definition) is 2. The molecule has 3 aromatic rings. The molecule has 0 atom stereocenters. The first-order valence-corrected chi connectivity index (χ1v) is 11.0. The topological polar surface area (TPSA) is 96.4 Å². The Morgan fingerprint density at radius 3 is 2.61 bits per heavy atom. The maximum atomic E-state index is 12.4. The first-order valence-electron chi connectivity index (χ1n) is 8.30. The van der Waals surface area contributed by atoms with E-state index in [0.717, 1.165) is 16.3 Å². The van der Waals surface area contributed by atoms with Crippen molar-refractivity contribution in [3.05, 3.63) is 69.7 Å². The number of thiazole rings is 1. The summed E-state index contributed by atoms with van der Waals surface area (Å²) in [7, 11) is -3.81. The van der Waals surface area contributed by atoms with Gasteiger partial charge in [0, 0.05) is 28.9 Å². The Hall–Kier alpha value is -2.26. The highest BCUT2D eigenvalue weighted by molar-refractivity contribution is 7.89. The number of aromatic carboxylic acids is 1. The van der Waals surface area contributed by atoms with Gasteiger partial charge in [-0.2, -0.15) is 0 Å². The molecular weight excluding hydrogens is 420 g/mol. The summed E-state index contributed by atoms with van der Waals surface area (Å²) in [6.45, 7) is 1.77. The molecule has 0 fully saturated rings. The Bertz CT molecular complexity index is 1110. The van der Waals surface area contributed by atoms with E-state index in [1.807, 2.05) is 17.5 Å². The average Bonchev–Trinajstić information content (AvgIpc) is 3.11. The second-order valence-electron chi connectivity index (χ2n) is 6.08. The van der Waals surface area contributed by atoms with Crippen molar-refractivity contribution in [2.45, 2.75) is 18.2 Å². The lowest BCUT2D eigenvalue weighted by Gasteiger charge is -2.08. The number of aryl methyl sites for hydroxylation is 1. The fourth-order valence-electron chi connectivity index (χ4n) is 2.54. The molecule has 0 aliphatic heterocycles. The van der Waals surface area contributed by atoms with Crippen LogP contribution in [0.5, 0.6) is 0 Å². The van der Waals surface area contributed by atoms with E-state index in [1.54, 1.807) is 19.1 Å². The van der Waals surface area contributed by atoms with Gasteiger partial charge in [-0.15, -0.1) is 11.3 Å². The van der Waals surface area contributed by atoms with Gasteiger partial charge >= 0.3 is 5.97 Å². The molecule has 28 heavy (non-hydrogen) atoms. The van der Waals surface area contributed by atoms with Crippen LogP contribution in [0.1, 0.15) is 21.6 Å². The van der Waals surface area contributed by atoms with Crippen LogP contribution >= 0.6 is 22.9 Å². The van der Waals surface area contributed by atoms with E-state index in [1.165, 1.54) is 29.5 Å². The summed E-state index contributed by atoms with van der Waals surface area (Å²) in [5.74, 6) is -1.16. The quantitative estimate of drug-likeness (QED) is 0.583. The van der Waals surface area contributed by atoms with Crippen molar-refractivity contribution in [2.24, 2.45) is 0 Å². The van der Waals surface area contributed by atoms with Crippen LogP contribution in [-0.4, -0.2) is 31.0 Å². The lowest BCUT2D eigenvalue weighted by molar-refractivity contribution is 0.0696. The standard InChI is InChI=1S/C19H17ClN2O4S2/c1-12-2-7-16(10-17(12)19(23)24)28(25,26)21-9-8-15-11-27-18(22-15)13-3-5-14(20)6-4-13/h2-7,10-11,21H,8-9H2,1H3,(H,23,24). The Kier molecular flexibility index (Phi) is 6.14. The molecule has 0 radical (unpaired) electrons. The summed E-state index contributed by atoms with van der Waals surface area (Å²) < 4.78 is 27.4. The van der Waals surface area contributed by atoms with Crippen LogP contribution in [0, 0.1) is 6.92 Å². The number of rotatable bonds is 7. The first-order chi connectivity index (χ1) is 13.3. The summed E-state index contributed by atoms with van der Waals surface area (Å²) in [6.07, 6.45) is 0.418. The van der Waals surface area contributed by atoms with Gasteiger partial charge in [-0.05, 0) is 36.8 Å². The zero-order valence-electron chi connectivity index (χ0n) is 14.8. The van der Waals surface area contributed by atoms with Gasteiger partial charge in [0.15, 0.2) is 0 Å². The predicted octanol–water partition coefficient (Wildman–Crippen LogP) is 3.99. The van der Waals surface area contributed by atoms with Crippen LogP contribution in [0.15, 0.2) is 52.7 Å². The normalized spacial score (nSPS) is 11.5. The van der Waals surface area contributed by atoms with Crippen molar-refractivity contribution in [3.63, 3.8) is 0 Å². The van der Waals surface area contributed by atoms with Crippen molar-refractivity contribution in [1.29, 1.82) is 0 Å². The molecule has 2 aromatic carbocycles. The lowest BCUT2D eigenvalue weighted by atomic mass is 10.1. The van der Waals surface area contributed by atoms with Crippen molar-refractivity contribution in [2.75, 3.05) is 6.54 Å². The molecule has 0 spiro atoms. The first kappa shape index (κ1) is 20.5. The predicted molar refractivity (Wildman–Crippen MR) is 110 cm³/mol. The van der Waals surface area contributed by atoms with Crippen LogP contribution in [0.3, 0.4) is 0 Å². The largest absolute Gasteiger partial charge is 0.478 e. The number of halogens is 1. The minimum absolute atomic E-state index is 0.0324. The number of carboxylic acid groups (broad SMARTS) is 1. The molecule has 2 N–H and O–H groups in total. The number of aromatic nitrogens is 1. The number of hydrogen-bond acceptors (Lipinski definition) is 5. The molecule has 0 aliphatic rings. The molecule has 1 heterocycles. The van der Waals surface area contributed by atoms with Crippen LogP contribution < -0.4 is 4.72 Å². The van der Waals surface area contributed by atoms with Gasteiger partial charge < -0.3 is 5.11 Å². The maximum Gasteiger partial charge on any atom is 0.335 e. The molecule has 0 amide bonds. The van der Waals surface area contributed by atoms with Crippen LogP contribution in [0.2, 0.25) is 5.02 Å². The fraction of sp³-hybridized carbons (Fsp3) is 0.158. The number of carbonyl (C=O) groups is 1. The lowest BCUT2D eigenvalue weighted by Crippen LogP contribution is -2.26. The molecule has 6 nitrogen and oxygen atoms in total. The highest BCUT2D eigenvalue weighted by Gasteiger charge is 2.17. The summed E-state index contributed by atoms with van der Waals surface area (Å²) >= 11 is 7.36. The van der Waals surface area contributed by atoms with Gasteiger partial charge in [0.25, 0.3) is 0 Å². The monoisotopic (exact) mass is 436 g/mol. The number of nitrogens with zero attached hydrogens (tertiary/aromatic N) is 1. The van der Waals surface area contributed by atoms with E-state index >= 15 is 0 Å². The van der Waals surface area contributed by atoms with Crippen molar-refractivity contribution >= 4 is 38.9 Å². The van der Waals surface area contributed by atoms with Gasteiger partial charge in [-0.1, -0.05) is 29.8 Å². The maximum absolute atomic E-state index is 12.4. The number of benzene rings is 2. The third-order valence-electron chi connectivity index (χ3n) is 4.07. The Morgan fingerprint density at radius 2 is 1.93 bits per heavy atom. The molecular formula is C19H17ClN2O4S2. The van der Waals surface area contributed by atoms with E-state index in [4.69, 9.17) is 16.7 Å². The Morgan fingerprint density at radius 1 is 1.21 bits per heavy atom. The molecule has 0 unspecified atom stereocenters. The minimum atomic E-state index is -3.81. The molecule has 3 rings (SSSR count). The summed E-state index contributed by atoms with van der Waals surface area (Å²) in [5.41, 5.74) is 2.19. The van der Waals surface area contributed by atoms with E-state index in [0.29, 0.717) is 17.0 Å². The average molecular weight is 437 g/mol. The van der Waals surface area contributed by atoms with Crippen molar-refractivity contribution in [1.82, 2.24) is 9.71 Å². The van der Waals surface area contributed by atoms with Gasteiger partial charge in [-0.25, -0.2) is 22.9 Å². The van der Waals surface area contributed by atoms with E-state index in [-0.39, 0.29) is 17.0 Å². The SMILES string of the molecule is Cc1ccc(S(=O)(=O)NCCc2csc(-c3ccc(Cl)cc3)n2)cc1C(=O)O. The van der Waals surface area contributed by atoms with Crippen molar-refractivity contribution < 1.29 is 18.3 Å². The highest BCUT2D eigenvalue weighted by Crippen LogP contribution is 2.25. The third-order valence-corrected chi connectivity index (χ3v) is 6.72. The smallest absolute Gasteiger partial charge is 0.335 e. The summed E-state index contributed by atoms with van der Waals surface area (Å²) in [4.78, 5) is 15.6. The van der Waals surface area contributed by atoms with Gasteiger partial charge in [0.1, 0.15) is 5.01 Å². The van der Waals surface area contributed by atoms with Gasteiger partial charge in [0.2, 0.25) is 10.0 Å². The van der Waals surface area contributed by atoms with Gasteiger partial charge in [-0.3, -0.25) is 0 Å². The molecule has 0 saturated carbocycles. The van der Waals surface area contributed by atoms with E-state index in [2.05, 4.69) is 9.71 Å². The molecule has 9 heteroatoms. The molecule has 0 saturated heterocycles. The zero-order valence-corrected chi connectivity index (χ0v) is 17.2. The highest BCUT2D eigenvalue weighted by atomic mass is 35.5. The van der Waals surface area contributed by atoms with E-state index in [9.17, 15) is 13.2 Å². The number of sulfonamides is 1.